The zero-order chi connectivity index (χ0) is 20.3. The molecule has 0 saturated carbocycles. The maximum absolute atomic E-state index is 14.3. The number of benzene rings is 2. The Morgan fingerprint density at radius 3 is 2.68 bits per heavy atom. The Bertz CT molecular complexity index is 938. The highest BCUT2D eigenvalue weighted by atomic mass is 19.2. The molecule has 0 bridgehead atoms. The van der Waals surface area contributed by atoms with Crippen LogP contribution >= 0.6 is 0 Å². The fourth-order valence-corrected chi connectivity index (χ4v) is 3.42. The van der Waals surface area contributed by atoms with Crippen molar-refractivity contribution in [1.29, 1.82) is 0 Å². The van der Waals surface area contributed by atoms with Crippen molar-refractivity contribution in [3.05, 3.63) is 64.2 Å². The number of carbonyl (C=O) groups is 1. The van der Waals surface area contributed by atoms with Gasteiger partial charge in [-0.15, -0.1) is 0 Å². The predicted octanol–water partition coefficient (Wildman–Crippen LogP) is 4.89. The minimum absolute atomic E-state index is 0.0307. The summed E-state index contributed by atoms with van der Waals surface area (Å²) in [5, 5.41) is 8.69. The molecule has 0 amide bonds. The zero-order valence-corrected chi connectivity index (χ0v) is 15.7. The van der Waals surface area contributed by atoms with Gasteiger partial charge in [0, 0.05) is 12.1 Å². The van der Waals surface area contributed by atoms with Gasteiger partial charge in [0.15, 0.2) is 11.6 Å². The summed E-state index contributed by atoms with van der Waals surface area (Å²) in [5.74, 6) is -3.36. The van der Waals surface area contributed by atoms with Crippen molar-refractivity contribution in [2.45, 2.75) is 39.0 Å². The topological polar surface area (TPSA) is 72.5 Å². The van der Waals surface area contributed by atoms with E-state index in [9.17, 15) is 13.6 Å². The van der Waals surface area contributed by atoms with Gasteiger partial charge in [-0.1, -0.05) is 18.2 Å². The smallest absolute Gasteiger partial charge is 0.303 e. The summed E-state index contributed by atoms with van der Waals surface area (Å²) in [6, 6.07) is 8.66. The SMILES string of the molecule is Cc1ccc(C2=C(COc3ccc(CCC(=O)O)c(F)c3F)CCC2)cc1N. The summed E-state index contributed by atoms with van der Waals surface area (Å²) in [7, 11) is 0. The van der Waals surface area contributed by atoms with E-state index in [0.717, 1.165) is 47.2 Å². The van der Waals surface area contributed by atoms with E-state index >= 15 is 0 Å². The van der Waals surface area contributed by atoms with E-state index < -0.39 is 17.6 Å². The van der Waals surface area contributed by atoms with Gasteiger partial charge in [0.05, 0.1) is 0 Å². The molecule has 6 heteroatoms. The van der Waals surface area contributed by atoms with Crippen LogP contribution in [0.4, 0.5) is 14.5 Å². The molecule has 2 aromatic rings. The van der Waals surface area contributed by atoms with E-state index in [1.165, 1.54) is 12.1 Å². The van der Waals surface area contributed by atoms with Crippen molar-refractivity contribution in [3.63, 3.8) is 0 Å². The number of nitrogen functional groups attached to an aromatic ring is 1. The number of hydrogen-bond donors (Lipinski definition) is 2. The Hall–Kier alpha value is -2.89. The first kappa shape index (κ1) is 19.9. The Kier molecular flexibility index (Phi) is 5.97. The van der Waals surface area contributed by atoms with Crippen LogP contribution in [0.25, 0.3) is 5.57 Å². The van der Waals surface area contributed by atoms with E-state index in [0.29, 0.717) is 0 Å². The van der Waals surface area contributed by atoms with E-state index in [4.69, 9.17) is 15.6 Å². The minimum atomic E-state index is -1.08. The highest BCUT2D eigenvalue weighted by Gasteiger charge is 2.19. The van der Waals surface area contributed by atoms with E-state index in [1.54, 1.807) is 0 Å². The molecule has 0 saturated heterocycles. The molecule has 0 radical (unpaired) electrons. The zero-order valence-electron chi connectivity index (χ0n) is 15.7. The lowest BCUT2D eigenvalue weighted by Crippen LogP contribution is -2.06. The van der Waals surface area contributed by atoms with Gasteiger partial charge in [-0.2, -0.15) is 4.39 Å². The molecule has 2 aromatic carbocycles. The number of ether oxygens (including phenoxy) is 1. The number of aryl methyl sites for hydroxylation is 2. The van der Waals surface area contributed by atoms with Crippen molar-refractivity contribution in [2.24, 2.45) is 0 Å². The van der Waals surface area contributed by atoms with Gasteiger partial charge >= 0.3 is 5.97 Å². The molecule has 0 spiro atoms. The lowest BCUT2D eigenvalue weighted by Gasteiger charge is -2.13. The average Bonchev–Trinajstić information content (AvgIpc) is 3.13. The molecule has 148 valence electrons. The standard InChI is InChI=1S/C22H23F2NO3/c1-13-5-6-15(11-18(13)25)17-4-2-3-16(17)12-28-19-9-7-14(8-10-20(26)27)21(23)22(19)24/h5-7,9,11H,2-4,8,10,12,25H2,1H3,(H,26,27). The van der Waals surface area contributed by atoms with Crippen molar-refractivity contribution in [1.82, 2.24) is 0 Å². The molecule has 3 rings (SSSR count). The first-order valence-electron chi connectivity index (χ1n) is 9.25. The van der Waals surface area contributed by atoms with Gasteiger partial charge in [0.2, 0.25) is 5.82 Å². The van der Waals surface area contributed by atoms with Gasteiger partial charge < -0.3 is 15.6 Å². The summed E-state index contributed by atoms with van der Waals surface area (Å²) >= 11 is 0. The van der Waals surface area contributed by atoms with Crippen LogP contribution in [0.5, 0.6) is 5.75 Å². The first-order valence-corrected chi connectivity index (χ1v) is 9.25. The molecule has 1 aliphatic rings. The van der Waals surface area contributed by atoms with Crippen molar-refractivity contribution >= 4 is 17.2 Å². The summed E-state index contributed by atoms with van der Waals surface area (Å²) in [6.07, 6.45) is 2.39. The summed E-state index contributed by atoms with van der Waals surface area (Å²) in [5.41, 5.74) is 11.0. The van der Waals surface area contributed by atoms with Crippen molar-refractivity contribution < 1.29 is 23.4 Å². The van der Waals surface area contributed by atoms with Crippen LogP contribution < -0.4 is 10.5 Å². The van der Waals surface area contributed by atoms with Gasteiger partial charge in [-0.05, 0) is 72.6 Å². The molecule has 0 atom stereocenters. The Balaban J connectivity index is 1.76. The Labute approximate surface area is 162 Å². The Morgan fingerprint density at radius 2 is 1.96 bits per heavy atom. The molecular formula is C22H23F2NO3. The number of nitrogens with two attached hydrogens (primary N) is 1. The first-order chi connectivity index (χ1) is 13.4. The number of anilines is 1. The van der Waals surface area contributed by atoms with Gasteiger partial charge in [-0.25, -0.2) is 4.39 Å². The van der Waals surface area contributed by atoms with Crippen LogP contribution in [0.1, 0.15) is 42.4 Å². The second-order valence-corrected chi connectivity index (χ2v) is 7.04. The number of aliphatic carboxylic acids is 1. The largest absolute Gasteiger partial charge is 0.486 e. The van der Waals surface area contributed by atoms with Crippen LogP contribution in [-0.4, -0.2) is 17.7 Å². The quantitative estimate of drug-likeness (QED) is 0.664. The van der Waals surface area contributed by atoms with Crippen molar-refractivity contribution in [2.75, 3.05) is 12.3 Å². The number of carboxylic acids is 1. The third-order valence-electron chi connectivity index (χ3n) is 5.10. The summed E-state index contributed by atoms with van der Waals surface area (Å²) < 4.78 is 34.0. The molecule has 0 aliphatic heterocycles. The molecule has 0 fully saturated rings. The van der Waals surface area contributed by atoms with E-state index in [2.05, 4.69) is 0 Å². The van der Waals surface area contributed by atoms with Crippen LogP contribution in [0.2, 0.25) is 0 Å². The van der Waals surface area contributed by atoms with Crippen LogP contribution in [0.3, 0.4) is 0 Å². The molecule has 3 N–H and O–H groups in total. The molecule has 0 aromatic heterocycles. The number of hydrogen-bond acceptors (Lipinski definition) is 3. The molecule has 1 aliphatic carbocycles. The van der Waals surface area contributed by atoms with E-state index in [1.807, 2.05) is 25.1 Å². The lowest BCUT2D eigenvalue weighted by molar-refractivity contribution is -0.136. The average molecular weight is 387 g/mol. The fraction of sp³-hybridized carbons (Fsp3) is 0.318. The molecular weight excluding hydrogens is 364 g/mol. The normalized spacial score (nSPS) is 13.8. The third kappa shape index (κ3) is 4.32. The Morgan fingerprint density at radius 1 is 1.18 bits per heavy atom. The maximum Gasteiger partial charge on any atom is 0.303 e. The minimum Gasteiger partial charge on any atom is -0.486 e. The van der Waals surface area contributed by atoms with E-state index in [-0.39, 0.29) is 30.8 Å². The molecule has 28 heavy (non-hydrogen) atoms. The summed E-state index contributed by atoms with van der Waals surface area (Å²) in [6.45, 7) is 2.12. The lowest BCUT2D eigenvalue weighted by atomic mass is 10.00. The number of halogens is 2. The second-order valence-electron chi connectivity index (χ2n) is 7.04. The second kappa shape index (κ2) is 8.42. The highest BCUT2D eigenvalue weighted by Crippen LogP contribution is 2.35. The molecule has 0 unspecified atom stereocenters. The van der Waals surface area contributed by atoms with Gasteiger partial charge in [0.1, 0.15) is 6.61 Å². The van der Waals surface area contributed by atoms with Gasteiger partial charge in [-0.3, -0.25) is 4.79 Å². The van der Waals surface area contributed by atoms with Gasteiger partial charge in [0.25, 0.3) is 0 Å². The predicted molar refractivity (Wildman–Crippen MR) is 104 cm³/mol. The van der Waals surface area contributed by atoms with Crippen LogP contribution in [0, 0.1) is 18.6 Å². The fourth-order valence-electron chi connectivity index (χ4n) is 3.42. The molecule has 0 heterocycles. The number of rotatable bonds is 7. The van der Waals surface area contributed by atoms with Crippen LogP contribution in [-0.2, 0) is 11.2 Å². The summed E-state index contributed by atoms with van der Waals surface area (Å²) in [4.78, 5) is 10.6. The van der Waals surface area contributed by atoms with Crippen LogP contribution in [0.15, 0.2) is 35.9 Å². The monoisotopic (exact) mass is 387 g/mol. The third-order valence-corrected chi connectivity index (χ3v) is 5.10. The van der Waals surface area contributed by atoms with Crippen molar-refractivity contribution in [3.8, 4) is 5.75 Å². The number of allylic oxidation sites excluding steroid dienone is 1. The number of carboxylic acid groups (broad SMARTS) is 1. The maximum atomic E-state index is 14.3. The molecule has 4 nitrogen and oxygen atoms in total. The highest BCUT2D eigenvalue weighted by molar-refractivity contribution is 5.73.